The largest absolute Gasteiger partial charge is 0.421 e. The number of aryl methyl sites for hydroxylation is 1. The highest BCUT2D eigenvalue weighted by Crippen LogP contribution is 2.16. The highest BCUT2D eigenvalue weighted by atomic mass is 19.1. The molecule has 0 unspecified atom stereocenters. The van der Waals surface area contributed by atoms with Gasteiger partial charge >= 0.3 is 0 Å². The average molecular weight is 340 g/mol. The van der Waals surface area contributed by atoms with Gasteiger partial charge in [-0.05, 0) is 30.2 Å². The fourth-order valence-corrected chi connectivity index (χ4v) is 2.31. The summed E-state index contributed by atoms with van der Waals surface area (Å²) < 4.78 is 19.0. The van der Waals surface area contributed by atoms with Crippen molar-refractivity contribution in [1.29, 1.82) is 0 Å². The van der Waals surface area contributed by atoms with E-state index in [1.54, 1.807) is 42.7 Å². The molecule has 1 N–H and O–H groups in total. The molecule has 25 heavy (non-hydrogen) atoms. The molecule has 0 atom stereocenters. The van der Waals surface area contributed by atoms with E-state index in [2.05, 4.69) is 20.5 Å². The first kappa shape index (κ1) is 16.8. The van der Waals surface area contributed by atoms with Crippen molar-refractivity contribution in [3.63, 3.8) is 0 Å². The van der Waals surface area contributed by atoms with E-state index >= 15 is 0 Å². The molecule has 1 aromatic carbocycles. The standard InChI is InChI=1S/C18H17FN4O2/c19-15-4-2-1-3-13(15)9-12-21-16(24)5-6-17-22-23-18(25-17)14-7-10-20-11-8-14/h1-4,7-8,10-11H,5-6,9,12H2,(H,21,24). The van der Waals surface area contributed by atoms with Gasteiger partial charge in [0, 0.05) is 37.3 Å². The van der Waals surface area contributed by atoms with E-state index in [0.29, 0.717) is 36.7 Å². The number of rotatable bonds is 7. The minimum atomic E-state index is -0.258. The molecule has 0 saturated heterocycles. The minimum Gasteiger partial charge on any atom is -0.421 e. The number of nitrogens with one attached hydrogen (secondary N) is 1. The summed E-state index contributed by atoms with van der Waals surface area (Å²) in [5.41, 5.74) is 1.37. The smallest absolute Gasteiger partial charge is 0.247 e. The zero-order valence-electron chi connectivity index (χ0n) is 13.5. The number of hydrogen-bond acceptors (Lipinski definition) is 5. The predicted molar refractivity (Wildman–Crippen MR) is 89.0 cm³/mol. The maximum Gasteiger partial charge on any atom is 0.247 e. The summed E-state index contributed by atoms with van der Waals surface area (Å²) in [5, 5.41) is 10.7. The lowest BCUT2D eigenvalue weighted by Gasteiger charge is -2.05. The molecular formula is C18H17FN4O2. The number of benzene rings is 1. The number of pyridine rings is 1. The average Bonchev–Trinajstić information content (AvgIpc) is 3.11. The number of hydrogen-bond donors (Lipinski definition) is 1. The number of carbonyl (C=O) groups excluding carboxylic acids is 1. The van der Waals surface area contributed by atoms with Crippen LogP contribution < -0.4 is 5.32 Å². The first-order valence-electron chi connectivity index (χ1n) is 7.95. The molecule has 6 nitrogen and oxygen atoms in total. The van der Waals surface area contributed by atoms with Crippen LogP contribution in [0, 0.1) is 5.82 Å². The van der Waals surface area contributed by atoms with Crippen molar-refractivity contribution in [3.05, 3.63) is 66.1 Å². The second kappa shape index (κ2) is 8.14. The van der Waals surface area contributed by atoms with Crippen molar-refractivity contribution < 1.29 is 13.6 Å². The summed E-state index contributed by atoms with van der Waals surface area (Å²) in [6.45, 7) is 0.381. The van der Waals surface area contributed by atoms with Gasteiger partial charge in [-0.3, -0.25) is 9.78 Å². The molecule has 3 rings (SSSR count). The van der Waals surface area contributed by atoms with E-state index in [9.17, 15) is 9.18 Å². The first-order chi connectivity index (χ1) is 12.2. The molecule has 2 aromatic heterocycles. The highest BCUT2D eigenvalue weighted by Gasteiger charge is 2.10. The SMILES string of the molecule is O=C(CCc1nnc(-c2ccncc2)o1)NCCc1ccccc1F. The fraction of sp³-hybridized carbons (Fsp3) is 0.222. The zero-order valence-corrected chi connectivity index (χ0v) is 13.5. The van der Waals surface area contributed by atoms with Gasteiger partial charge in [0.15, 0.2) is 0 Å². The van der Waals surface area contributed by atoms with Crippen molar-refractivity contribution >= 4 is 5.91 Å². The molecule has 2 heterocycles. The van der Waals surface area contributed by atoms with Gasteiger partial charge in [-0.25, -0.2) is 4.39 Å². The van der Waals surface area contributed by atoms with E-state index in [1.165, 1.54) is 6.07 Å². The van der Waals surface area contributed by atoms with Gasteiger partial charge in [-0.15, -0.1) is 10.2 Å². The van der Waals surface area contributed by atoms with Crippen LogP contribution in [0.5, 0.6) is 0 Å². The Morgan fingerprint density at radius 2 is 1.88 bits per heavy atom. The molecule has 0 aliphatic rings. The Hall–Kier alpha value is -3.09. The lowest BCUT2D eigenvalue weighted by Crippen LogP contribution is -2.26. The predicted octanol–water partition coefficient (Wildman–Crippen LogP) is 2.56. The molecule has 0 fully saturated rings. The number of aromatic nitrogens is 3. The van der Waals surface area contributed by atoms with Gasteiger partial charge in [0.05, 0.1) is 0 Å². The number of nitrogens with zero attached hydrogens (tertiary/aromatic N) is 3. The quantitative estimate of drug-likeness (QED) is 0.715. The maximum atomic E-state index is 13.5. The van der Waals surface area contributed by atoms with Crippen LogP contribution in [-0.2, 0) is 17.6 Å². The molecular weight excluding hydrogens is 323 g/mol. The molecule has 0 aliphatic carbocycles. The molecule has 128 valence electrons. The van der Waals surface area contributed by atoms with Crippen LogP contribution in [0.4, 0.5) is 4.39 Å². The lowest BCUT2D eigenvalue weighted by molar-refractivity contribution is -0.121. The minimum absolute atomic E-state index is 0.139. The molecule has 0 radical (unpaired) electrons. The van der Waals surface area contributed by atoms with Gasteiger partial charge in [0.25, 0.3) is 0 Å². The van der Waals surface area contributed by atoms with E-state index in [1.807, 2.05) is 0 Å². The van der Waals surface area contributed by atoms with Crippen molar-refractivity contribution in [3.8, 4) is 11.5 Å². The van der Waals surface area contributed by atoms with Crippen molar-refractivity contribution in [2.24, 2.45) is 0 Å². The summed E-state index contributed by atoms with van der Waals surface area (Å²) in [7, 11) is 0. The molecule has 0 saturated carbocycles. The Kier molecular flexibility index (Phi) is 5.46. The van der Waals surface area contributed by atoms with Gasteiger partial charge in [-0.1, -0.05) is 18.2 Å². The summed E-state index contributed by atoms with van der Waals surface area (Å²) in [5.74, 6) is 0.402. The Morgan fingerprint density at radius 1 is 1.08 bits per heavy atom. The third-order valence-corrected chi connectivity index (χ3v) is 3.63. The molecule has 0 aliphatic heterocycles. The third-order valence-electron chi connectivity index (χ3n) is 3.63. The maximum absolute atomic E-state index is 13.5. The number of carbonyl (C=O) groups is 1. The molecule has 3 aromatic rings. The van der Waals surface area contributed by atoms with E-state index in [0.717, 1.165) is 5.56 Å². The summed E-state index contributed by atoms with van der Waals surface area (Å²) in [4.78, 5) is 15.8. The van der Waals surface area contributed by atoms with Gasteiger partial charge in [-0.2, -0.15) is 0 Å². The second-order valence-electron chi connectivity index (χ2n) is 5.43. The van der Waals surface area contributed by atoms with Crippen LogP contribution in [0.2, 0.25) is 0 Å². The second-order valence-corrected chi connectivity index (χ2v) is 5.43. The number of halogens is 1. The van der Waals surface area contributed by atoms with E-state index in [-0.39, 0.29) is 18.1 Å². The zero-order chi connectivity index (χ0) is 17.5. The lowest BCUT2D eigenvalue weighted by atomic mass is 10.1. The van der Waals surface area contributed by atoms with E-state index in [4.69, 9.17) is 4.42 Å². The molecule has 1 amide bonds. The summed E-state index contributed by atoms with van der Waals surface area (Å²) in [6.07, 6.45) is 4.31. The highest BCUT2D eigenvalue weighted by molar-refractivity contribution is 5.76. The van der Waals surface area contributed by atoms with Crippen LogP contribution in [0.25, 0.3) is 11.5 Å². The van der Waals surface area contributed by atoms with Crippen LogP contribution in [0.1, 0.15) is 17.9 Å². The first-order valence-corrected chi connectivity index (χ1v) is 7.95. The Bertz CT molecular complexity index is 836. The van der Waals surface area contributed by atoms with Crippen LogP contribution >= 0.6 is 0 Å². The van der Waals surface area contributed by atoms with Crippen molar-refractivity contribution in [2.75, 3.05) is 6.54 Å². The Balaban J connectivity index is 1.44. The molecule has 7 heteroatoms. The van der Waals surface area contributed by atoms with Gasteiger partial charge < -0.3 is 9.73 Å². The van der Waals surface area contributed by atoms with Gasteiger partial charge in [0.1, 0.15) is 5.82 Å². The van der Waals surface area contributed by atoms with Crippen LogP contribution in [0.15, 0.2) is 53.2 Å². The summed E-state index contributed by atoms with van der Waals surface area (Å²) in [6, 6.07) is 10.1. The van der Waals surface area contributed by atoms with Gasteiger partial charge in [0.2, 0.25) is 17.7 Å². The normalized spacial score (nSPS) is 10.6. The number of amides is 1. The van der Waals surface area contributed by atoms with Crippen LogP contribution in [-0.4, -0.2) is 27.6 Å². The van der Waals surface area contributed by atoms with Crippen molar-refractivity contribution in [2.45, 2.75) is 19.3 Å². The third kappa shape index (κ3) is 4.69. The Morgan fingerprint density at radius 3 is 2.68 bits per heavy atom. The van der Waals surface area contributed by atoms with Crippen molar-refractivity contribution in [1.82, 2.24) is 20.5 Å². The Labute approximate surface area is 144 Å². The molecule has 0 bridgehead atoms. The molecule has 0 spiro atoms. The fourth-order valence-electron chi connectivity index (χ4n) is 2.31. The monoisotopic (exact) mass is 340 g/mol. The van der Waals surface area contributed by atoms with E-state index < -0.39 is 0 Å². The summed E-state index contributed by atoms with van der Waals surface area (Å²) >= 11 is 0. The topological polar surface area (TPSA) is 80.9 Å². The van der Waals surface area contributed by atoms with Crippen LogP contribution in [0.3, 0.4) is 0 Å².